The summed E-state index contributed by atoms with van der Waals surface area (Å²) < 4.78 is 32.4. The molecular weight excluding hydrogens is 394 g/mol. The summed E-state index contributed by atoms with van der Waals surface area (Å²) in [7, 11) is -3.83. The molecule has 140 valence electrons. The first-order chi connectivity index (χ1) is 13.4. The number of aryl methyl sites for hydroxylation is 1. The number of benzene rings is 3. The van der Waals surface area contributed by atoms with Gasteiger partial charge in [-0.15, -0.1) is 0 Å². The van der Waals surface area contributed by atoms with Crippen LogP contribution in [0, 0.1) is 6.92 Å². The lowest BCUT2D eigenvalue weighted by molar-refractivity contribution is 0.517. The second kappa shape index (κ2) is 7.26. The van der Waals surface area contributed by atoms with Crippen LogP contribution in [0.15, 0.2) is 98.1 Å². The summed E-state index contributed by atoms with van der Waals surface area (Å²) in [6.45, 7) is 1.97. The van der Waals surface area contributed by atoms with E-state index in [-0.39, 0.29) is 15.3 Å². The lowest BCUT2D eigenvalue weighted by Crippen LogP contribution is -2.15. The fraction of sp³-hybridized carbons (Fsp3) is 0.0455. The van der Waals surface area contributed by atoms with Crippen LogP contribution in [0.5, 0.6) is 0 Å². The Kier molecular flexibility index (Phi) is 4.79. The summed E-state index contributed by atoms with van der Waals surface area (Å²) >= 11 is 6.07. The van der Waals surface area contributed by atoms with E-state index in [9.17, 15) is 8.42 Å². The smallest absolute Gasteiger partial charge is 0.239 e. The molecule has 4 nitrogen and oxygen atoms in total. The molecule has 0 aliphatic rings. The zero-order valence-electron chi connectivity index (χ0n) is 15.0. The van der Waals surface area contributed by atoms with E-state index in [1.807, 2.05) is 31.2 Å². The number of nitrogens with zero attached hydrogens (tertiary/aromatic N) is 1. The van der Waals surface area contributed by atoms with Gasteiger partial charge >= 0.3 is 0 Å². The summed E-state index contributed by atoms with van der Waals surface area (Å²) in [4.78, 5) is 4.64. The molecule has 0 amide bonds. The van der Waals surface area contributed by atoms with Gasteiger partial charge in [0.15, 0.2) is 0 Å². The highest BCUT2D eigenvalue weighted by Gasteiger charge is 2.22. The van der Waals surface area contributed by atoms with Crippen molar-refractivity contribution >= 4 is 38.1 Å². The second-order valence-electron chi connectivity index (χ2n) is 6.36. The lowest BCUT2D eigenvalue weighted by Gasteiger charge is -2.07. The molecule has 0 bridgehead atoms. The van der Waals surface area contributed by atoms with Gasteiger partial charge in [0.1, 0.15) is 10.5 Å². The summed E-state index contributed by atoms with van der Waals surface area (Å²) in [5, 5.41) is 1.08. The summed E-state index contributed by atoms with van der Waals surface area (Å²) in [6, 6.07) is 22.3. The second-order valence-corrected chi connectivity index (χ2v) is 8.72. The van der Waals surface area contributed by atoms with Gasteiger partial charge in [0.05, 0.1) is 10.6 Å². The van der Waals surface area contributed by atoms with Crippen LogP contribution < -0.4 is 5.55 Å². The average molecular weight is 410 g/mol. The highest BCUT2D eigenvalue weighted by atomic mass is 35.5. The molecule has 0 saturated heterocycles. The molecule has 0 radical (unpaired) electrons. The Morgan fingerprint density at radius 3 is 2.32 bits per heavy atom. The van der Waals surface area contributed by atoms with Gasteiger partial charge in [-0.2, -0.15) is 0 Å². The standard InChI is InChI=1S/C22H16ClNO3S/c1-15-7-10-18(11-8-15)24-22-21(28(25,26)19-5-3-2-4-6-19)14-16-13-17(23)9-12-20(16)27-22/h2-14H,1H3. The van der Waals surface area contributed by atoms with Gasteiger partial charge in [-0.05, 0) is 55.5 Å². The van der Waals surface area contributed by atoms with Crippen molar-refractivity contribution in [3.05, 3.63) is 95.0 Å². The minimum absolute atomic E-state index is 0.00552. The van der Waals surface area contributed by atoms with Crippen LogP contribution in [0.1, 0.15) is 5.56 Å². The van der Waals surface area contributed by atoms with E-state index in [1.165, 1.54) is 0 Å². The van der Waals surface area contributed by atoms with Gasteiger partial charge in [-0.3, -0.25) is 0 Å². The van der Waals surface area contributed by atoms with Crippen LogP contribution in [-0.4, -0.2) is 8.42 Å². The van der Waals surface area contributed by atoms with Crippen molar-refractivity contribution in [1.82, 2.24) is 0 Å². The van der Waals surface area contributed by atoms with Crippen LogP contribution in [0.2, 0.25) is 5.02 Å². The Labute approximate surface area is 167 Å². The summed E-state index contributed by atoms with van der Waals surface area (Å²) in [5.74, 6) is 0. The molecule has 0 aliphatic heterocycles. The normalized spacial score (nSPS) is 12.4. The molecule has 4 aromatic rings. The number of hydrogen-bond acceptors (Lipinski definition) is 4. The molecule has 0 atom stereocenters. The van der Waals surface area contributed by atoms with E-state index in [1.54, 1.807) is 54.6 Å². The fourth-order valence-corrected chi connectivity index (χ4v) is 4.37. The fourth-order valence-electron chi connectivity index (χ4n) is 2.82. The van der Waals surface area contributed by atoms with Crippen LogP contribution in [0.3, 0.4) is 0 Å². The first-order valence-electron chi connectivity index (χ1n) is 8.58. The molecule has 3 aromatic carbocycles. The van der Waals surface area contributed by atoms with E-state index in [4.69, 9.17) is 16.0 Å². The van der Waals surface area contributed by atoms with Crippen LogP contribution >= 0.6 is 11.6 Å². The van der Waals surface area contributed by atoms with E-state index < -0.39 is 9.84 Å². The maximum absolute atomic E-state index is 13.3. The Morgan fingerprint density at radius 2 is 1.61 bits per heavy atom. The minimum atomic E-state index is -3.83. The monoisotopic (exact) mass is 409 g/mol. The SMILES string of the molecule is Cc1ccc(N=c2oc3ccc(Cl)cc3cc2S(=O)(=O)c2ccccc2)cc1. The number of sulfone groups is 1. The third-order valence-corrected chi connectivity index (χ3v) is 6.28. The molecule has 0 unspecified atom stereocenters. The van der Waals surface area contributed by atoms with E-state index in [0.717, 1.165) is 5.56 Å². The largest absolute Gasteiger partial charge is 0.437 e. The third-order valence-electron chi connectivity index (χ3n) is 4.28. The molecule has 0 fully saturated rings. The molecule has 0 spiro atoms. The Balaban J connectivity index is 2.04. The van der Waals surface area contributed by atoms with Gasteiger partial charge in [0.2, 0.25) is 15.4 Å². The molecule has 1 aromatic heterocycles. The lowest BCUT2D eigenvalue weighted by atomic mass is 10.2. The van der Waals surface area contributed by atoms with E-state index in [2.05, 4.69) is 4.99 Å². The molecule has 0 saturated carbocycles. The first kappa shape index (κ1) is 18.5. The molecule has 4 rings (SSSR count). The zero-order chi connectivity index (χ0) is 19.7. The van der Waals surface area contributed by atoms with Crippen molar-refractivity contribution in [3.8, 4) is 0 Å². The number of rotatable bonds is 3. The predicted octanol–water partition coefficient (Wildman–Crippen LogP) is 5.46. The van der Waals surface area contributed by atoms with Crippen molar-refractivity contribution in [2.45, 2.75) is 16.7 Å². The number of hydrogen-bond donors (Lipinski definition) is 0. The van der Waals surface area contributed by atoms with Crippen LogP contribution in [-0.2, 0) is 9.84 Å². The maximum atomic E-state index is 13.3. The van der Waals surface area contributed by atoms with Crippen LogP contribution in [0.4, 0.5) is 5.69 Å². The maximum Gasteiger partial charge on any atom is 0.239 e. The Bertz CT molecular complexity index is 1330. The quantitative estimate of drug-likeness (QED) is 0.451. The summed E-state index contributed by atoms with van der Waals surface area (Å²) in [5.41, 5.74) is 2.22. The van der Waals surface area contributed by atoms with E-state index in [0.29, 0.717) is 21.7 Å². The van der Waals surface area contributed by atoms with Crippen LogP contribution in [0.25, 0.3) is 11.0 Å². The van der Waals surface area contributed by atoms with Gasteiger partial charge in [-0.25, -0.2) is 13.4 Å². The molecule has 0 aliphatic carbocycles. The van der Waals surface area contributed by atoms with Crippen molar-refractivity contribution in [1.29, 1.82) is 0 Å². The number of halogens is 1. The molecule has 28 heavy (non-hydrogen) atoms. The van der Waals surface area contributed by atoms with Gasteiger partial charge in [-0.1, -0.05) is 47.5 Å². The molecule has 0 N–H and O–H groups in total. The molecular formula is C22H16ClNO3S. The van der Waals surface area contributed by atoms with Crippen molar-refractivity contribution in [2.24, 2.45) is 4.99 Å². The Hall–Kier alpha value is -2.89. The van der Waals surface area contributed by atoms with E-state index >= 15 is 0 Å². The molecule has 6 heteroatoms. The van der Waals surface area contributed by atoms with Crippen molar-refractivity contribution in [2.75, 3.05) is 0 Å². The Morgan fingerprint density at radius 1 is 0.893 bits per heavy atom. The summed E-state index contributed by atoms with van der Waals surface area (Å²) in [6.07, 6.45) is 0. The molecule has 1 heterocycles. The topological polar surface area (TPSA) is 59.6 Å². The first-order valence-corrected chi connectivity index (χ1v) is 10.4. The van der Waals surface area contributed by atoms with Crippen molar-refractivity contribution in [3.63, 3.8) is 0 Å². The highest BCUT2D eigenvalue weighted by molar-refractivity contribution is 7.91. The van der Waals surface area contributed by atoms with Crippen molar-refractivity contribution < 1.29 is 12.8 Å². The zero-order valence-corrected chi connectivity index (χ0v) is 16.5. The highest BCUT2D eigenvalue weighted by Crippen LogP contribution is 2.25. The van der Waals surface area contributed by atoms with Gasteiger partial charge < -0.3 is 4.42 Å². The van der Waals surface area contributed by atoms with Gasteiger partial charge in [0, 0.05) is 10.4 Å². The average Bonchev–Trinajstić information content (AvgIpc) is 2.70. The van der Waals surface area contributed by atoms with Gasteiger partial charge in [0.25, 0.3) is 0 Å². The minimum Gasteiger partial charge on any atom is -0.437 e. The third kappa shape index (κ3) is 3.59. The predicted molar refractivity (Wildman–Crippen MR) is 110 cm³/mol. The number of fused-ring (bicyclic) bond motifs is 1.